The van der Waals surface area contributed by atoms with Gasteiger partial charge >= 0.3 is 0 Å². The Bertz CT molecular complexity index is 383. The van der Waals surface area contributed by atoms with Gasteiger partial charge in [0.05, 0.1) is 18.8 Å². The molecule has 0 aromatic carbocycles. The Morgan fingerprint density at radius 2 is 2.44 bits per heavy atom. The van der Waals surface area contributed by atoms with Crippen molar-refractivity contribution < 1.29 is 9.32 Å². The molecule has 0 saturated carbocycles. The molecular formula is C12H20N4O2. The third-order valence-electron chi connectivity index (χ3n) is 2.94. The van der Waals surface area contributed by atoms with Gasteiger partial charge in [0.15, 0.2) is 5.76 Å². The van der Waals surface area contributed by atoms with Crippen molar-refractivity contribution in [2.45, 2.75) is 19.9 Å². The molecule has 1 fully saturated rings. The molecule has 0 spiro atoms. The normalized spacial score (nSPS) is 17.4. The topological polar surface area (TPSA) is 70.4 Å². The SMILES string of the molecule is Cc1cc(CNC(=O)CN2CCCNCC2)on1. The molecule has 1 aromatic rings. The Morgan fingerprint density at radius 3 is 3.22 bits per heavy atom. The Kier molecular flexibility index (Phi) is 4.72. The van der Waals surface area contributed by atoms with Crippen LogP contribution >= 0.6 is 0 Å². The number of carbonyl (C=O) groups excluding carboxylic acids is 1. The Balaban J connectivity index is 1.71. The molecule has 2 rings (SSSR count). The maximum Gasteiger partial charge on any atom is 0.234 e. The molecular weight excluding hydrogens is 232 g/mol. The number of rotatable bonds is 4. The van der Waals surface area contributed by atoms with Gasteiger partial charge in [0.25, 0.3) is 0 Å². The van der Waals surface area contributed by atoms with Crippen molar-refractivity contribution in [3.63, 3.8) is 0 Å². The van der Waals surface area contributed by atoms with Crippen LogP contribution < -0.4 is 10.6 Å². The van der Waals surface area contributed by atoms with E-state index in [0.29, 0.717) is 18.8 Å². The average molecular weight is 252 g/mol. The zero-order valence-corrected chi connectivity index (χ0v) is 10.7. The quantitative estimate of drug-likeness (QED) is 0.782. The van der Waals surface area contributed by atoms with Crippen LogP contribution in [0.4, 0.5) is 0 Å². The first kappa shape index (κ1) is 13.0. The average Bonchev–Trinajstić information content (AvgIpc) is 2.60. The predicted octanol–water partition coefficient (Wildman–Crippen LogP) is -0.105. The van der Waals surface area contributed by atoms with E-state index in [9.17, 15) is 4.79 Å². The highest BCUT2D eigenvalue weighted by molar-refractivity contribution is 5.77. The summed E-state index contributed by atoms with van der Waals surface area (Å²) in [5.41, 5.74) is 0.831. The second-order valence-electron chi connectivity index (χ2n) is 4.59. The lowest BCUT2D eigenvalue weighted by Gasteiger charge is -2.18. The number of hydrogen-bond acceptors (Lipinski definition) is 5. The summed E-state index contributed by atoms with van der Waals surface area (Å²) < 4.78 is 5.04. The third kappa shape index (κ3) is 4.12. The minimum atomic E-state index is 0.0333. The minimum Gasteiger partial charge on any atom is -0.359 e. The lowest BCUT2D eigenvalue weighted by Crippen LogP contribution is -2.38. The molecule has 1 aliphatic rings. The summed E-state index contributed by atoms with van der Waals surface area (Å²) >= 11 is 0. The fraction of sp³-hybridized carbons (Fsp3) is 0.667. The van der Waals surface area contributed by atoms with Gasteiger partial charge in [0.2, 0.25) is 5.91 Å². The summed E-state index contributed by atoms with van der Waals surface area (Å²) in [7, 11) is 0. The number of amides is 1. The summed E-state index contributed by atoms with van der Waals surface area (Å²) in [6.45, 7) is 6.61. The lowest BCUT2D eigenvalue weighted by molar-refractivity contribution is -0.122. The molecule has 0 unspecified atom stereocenters. The molecule has 1 saturated heterocycles. The van der Waals surface area contributed by atoms with E-state index in [1.165, 1.54) is 0 Å². The second kappa shape index (κ2) is 6.51. The second-order valence-corrected chi connectivity index (χ2v) is 4.59. The largest absolute Gasteiger partial charge is 0.359 e. The van der Waals surface area contributed by atoms with Crippen LogP contribution in [0.2, 0.25) is 0 Å². The van der Waals surface area contributed by atoms with Gasteiger partial charge in [0, 0.05) is 19.2 Å². The molecule has 1 aromatic heterocycles. The fourth-order valence-corrected chi connectivity index (χ4v) is 2.00. The summed E-state index contributed by atoms with van der Waals surface area (Å²) in [4.78, 5) is 13.9. The van der Waals surface area contributed by atoms with Crippen LogP contribution in [0.5, 0.6) is 0 Å². The maximum absolute atomic E-state index is 11.8. The zero-order chi connectivity index (χ0) is 12.8. The van der Waals surface area contributed by atoms with Gasteiger partial charge in [0.1, 0.15) is 0 Å². The molecule has 0 aliphatic carbocycles. The first-order chi connectivity index (χ1) is 8.74. The van der Waals surface area contributed by atoms with E-state index in [1.807, 2.05) is 13.0 Å². The Morgan fingerprint density at radius 1 is 1.56 bits per heavy atom. The number of aryl methyl sites for hydroxylation is 1. The lowest BCUT2D eigenvalue weighted by atomic mass is 10.3. The predicted molar refractivity (Wildman–Crippen MR) is 67.0 cm³/mol. The molecule has 2 N–H and O–H groups in total. The first-order valence-electron chi connectivity index (χ1n) is 6.36. The van der Waals surface area contributed by atoms with Gasteiger partial charge in [-0.1, -0.05) is 5.16 Å². The van der Waals surface area contributed by atoms with Crippen LogP contribution in [0.3, 0.4) is 0 Å². The van der Waals surface area contributed by atoms with Crippen molar-refractivity contribution >= 4 is 5.91 Å². The van der Waals surface area contributed by atoms with E-state index in [4.69, 9.17) is 4.52 Å². The van der Waals surface area contributed by atoms with Gasteiger partial charge in [-0.2, -0.15) is 0 Å². The number of nitrogens with zero attached hydrogens (tertiary/aromatic N) is 2. The monoisotopic (exact) mass is 252 g/mol. The van der Waals surface area contributed by atoms with Crippen molar-refractivity contribution in [1.82, 2.24) is 20.7 Å². The highest BCUT2D eigenvalue weighted by Crippen LogP contribution is 2.01. The van der Waals surface area contributed by atoms with Crippen molar-refractivity contribution in [2.75, 3.05) is 32.7 Å². The summed E-state index contributed by atoms with van der Waals surface area (Å²) in [5, 5.41) is 9.94. The molecule has 1 aliphatic heterocycles. The van der Waals surface area contributed by atoms with E-state index in [2.05, 4.69) is 20.7 Å². The number of hydrogen-bond donors (Lipinski definition) is 2. The van der Waals surface area contributed by atoms with E-state index < -0.39 is 0 Å². The van der Waals surface area contributed by atoms with Gasteiger partial charge < -0.3 is 15.2 Å². The number of aromatic nitrogens is 1. The first-order valence-corrected chi connectivity index (χ1v) is 6.36. The smallest absolute Gasteiger partial charge is 0.234 e. The van der Waals surface area contributed by atoms with Crippen molar-refractivity contribution in [3.05, 3.63) is 17.5 Å². The standard InChI is InChI=1S/C12H20N4O2/c1-10-7-11(18-15-10)8-14-12(17)9-16-5-2-3-13-4-6-16/h7,13H,2-6,8-9H2,1H3,(H,14,17). The zero-order valence-electron chi connectivity index (χ0n) is 10.7. The third-order valence-corrected chi connectivity index (χ3v) is 2.94. The minimum absolute atomic E-state index is 0.0333. The number of carbonyl (C=O) groups is 1. The van der Waals surface area contributed by atoms with Gasteiger partial charge in [-0.05, 0) is 26.4 Å². The fourth-order valence-electron chi connectivity index (χ4n) is 2.00. The molecule has 18 heavy (non-hydrogen) atoms. The van der Waals surface area contributed by atoms with Crippen LogP contribution in [-0.4, -0.2) is 48.7 Å². The summed E-state index contributed by atoms with van der Waals surface area (Å²) in [6, 6.07) is 1.83. The molecule has 6 nitrogen and oxygen atoms in total. The molecule has 0 bridgehead atoms. The van der Waals surface area contributed by atoms with Crippen molar-refractivity contribution in [2.24, 2.45) is 0 Å². The van der Waals surface area contributed by atoms with Crippen LogP contribution in [0, 0.1) is 6.92 Å². The highest BCUT2D eigenvalue weighted by Gasteiger charge is 2.12. The van der Waals surface area contributed by atoms with E-state index in [-0.39, 0.29) is 5.91 Å². The van der Waals surface area contributed by atoms with Crippen LogP contribution in [0.1, 0.15) is 17.9 Å². The van der Waals surface area contributed by atoms with E-state index >= 15 is 0 Å². The van der Waals surface area contributed by atoms with E-state index in [0.717, 1.165) is 38.3 Å². The molecule has 100 valence electrons. The van der Waals surface area contributed by atoms with Crippen molar-refractivity contribution in [1.29, 1.82) is 0 Å². The maximum atomic E-state index is 11.8. The Hall–Kier alpha value is -1.40. The van der Waals surface area contributed by atoms with Crippen molar-refractivity contribution in [3.8, 4) is 0 Å². The molecule has 2 heterocycles. The molecule has 6 heteroatoms. The van der Waals surface area contributed by atoms with Gasteiger partial charge in [-0.15, -0.1) is 0 Å². The molecule has 0 radical (unpaired) electrons. The highest BCUT2D eigenvalue weighted by atomic mass is 16.5. The van der Waals surface area contributed by atoms with E-state index in [1.54, 1.807) is 0 Å². The van der Waals surface area contributed by atoms with Gasteiger partial charge in [-0.25, -0.2) is 0 Å². The summed E-state index contributed by atoms with van der Waals surface area (Å²) in [6.07, 6.45) is 1.09. The van der Waals surface area contributed by atoms with Crippen LogP contribution in [-0.2, 0) is 11.3 Å². The summed E-state index contributed by atoms with van der Waals surface area (Å²) in [5.74, 6) is 0.726. The molecule has 0 atom stereocenters. The van der Waals surface area contributed by atoms with Crippen LogP contribution in [0.15, 0.2) is 10.6 Å². The number of nitrogens with one attached hydrogen (secondary N) is 2. The molecule has 1 amide bonds. The Labute approximate surface area is 107 Å². The van der Waals surface area contributed by atoms with Crippen LogP contribution in [0.25, 0.3) is 0 Å². The van der Waals surface area contributed by atoms with Gasteiger partial charge in [-0.3, -0.25) is 9.69 Å².